The summed E-state index contributed by atoms with van der Waals surface area (Å²) in [6, 6.07) is 9.20. The Balaban J connectivity index is 1.16. The molecule has 10 heteroatoms. The van der Waals surface area contributed by atoms with E-state index in [0.717, 1.165) is 77.2 Å². The van der Waals surface area contributed by atoms with Gasteiger partial charge in [-0.2, -0.15) is 9.97 Å². The molecular weight excluding hydrogens is 636 g/mol. The molecule has 3 aromatic carbocycles. The van der Waals surface area contributed by atoms with E-state index in [2.05, 4.69) is 15.1 Å². The lowest BCUT2D eigenvalue weighted by Crippen LogP contribution is -2.51. The van der Waals surface area contributed by atoms with Gasteiger partial charge >= 0.3 is 6.01 Å². The van der Waals surface area contributed by atoms with Crippen LogP contribution in [0.1, 0.15) is 63.5 Å². The molecule has 0 spiro atoms. The van der Waals surface area contributed by atoms with Gasteiger partial charge in [-0.05, 0) is 89.8 Å². The van der Waals surface area contributed by atoms with Gasteiger partial charge in [0.15, 0.2) is 5.82 Å². The van der Waals surface area contributed by atoms with Crippen molar-refractivity contribution in [1.82, 2.24) is 20.2 Å². The Hall–Kier alpha value is -3.60. The van der Waals surface area contributed by atoms with E-state index in [9.17, 15) is 5.11 Å². The van der Waals surface area contributed by atoms with Gasteiger partial charge in [0.05, 0.1) is 19.8 Å². The minimum Gasteiger partial charge on any atom is -0.508 e. The monoisotopic (exact) mass is 683 g/mol. The van der Waals surface area contributed by atoms with Crippen LogP contribution in [-0.4, -0.2) is 84.6 Å². The SMILES string of the molecule is CCc1c(F)ccc2cc(O)cc(-c3c(C(C)C)cc4c(N5CC6CCC(C5)N6)nc(OCC5(CN6CC7COCC7C6)CC5)nc4c3F)c12. The van der Waals surface area contributed by atoms with Gasteiger partial charge in [0.1, 0.15) is 22.9 Å². The van der Waals surface area contributed by atoms with Gasteiger partial charge in [-0.15, -0.1) is 0 Å². The summed E-state index contributed by atoms with van der Waals surface area (Å²) in [5.74, 6) is 1.06. The lowest BCUT2D eigenvalue weighted by Gasteiger charge is -2.34. The Morgan fingerprint density at radius 2 is 1.76 bits per heavy atom. The Bertz CT molecular complexity index is 1960. The van der Waals surface area contributed by atoms with Crippen LogP contribution in [0, 0.1) is 28.9 Å². The maximum atomic E-state index is 17.6. The molecule has 4 aliphatic heterocycles. The van der Waals surface area contributed by atoms with E-state index in [0.29, 0.717) is 75.6 Å². The number of aryl methyl sites for hydroxylation is 1. The maximum absolute atomic E-state index is 17.6. The molecule has 1 aromatic heterocycles. The number of halogens is 2. The molecule has 1 aliphatic carbocycles. The third-order valence-corrected chi connectivity index (χ3v) is 12.2. The standard InChI is InChI=1S/C40H47F2N5O3/c1-4-29-33(41)8-5-23-11-28(48)12-31(34(23)29)35-30(22(2)3)13-32-37(36(35)42)44-39(45-38(32)47-16-26-6-7-27(17-47)43-26)50-21-40(9-10-40)20-46-14-24-18-49-19-25(24)15-46/h5,8,11-13,22,24-27,43,48H,4,6-7,9-10,14-21H2,1-3H3. The summed E-state index contributed by atoms with van der Waals surface area (Å²) < 4.78 is 45.0. The van der Waals surface area contributed by atoms with E-state index in [1.54, 1.807) is 18.2 Å². The summed E-state index contributed by atoms with van der Waals surface area (Å²) in [4.78, 5) is 14.7. The van der Waals surface area contributed by atoms with Crippen LogP contribution >= 0.6 is 0 Å². The minimum absolute atomic E-state index is 0.00273. The van der Waals surface area contributed by atoms with Crippen molar-refractivity contribution in [2.24, 2.45) is 17.3 Å². The molecule has 0 radical (unpaired) electrons. The predicted octanol–water partition coefficient (Wildman–Crippen LogP) is 6.80. The number of ether oxygens (including phenoxy) is 2. The van der Waals surface area contributed by atoms with Crippen molar-refractivity contribution in [1.29, 1.82) is 0 Å². The number of aromatic nitrogens is 2. The summed E-state index contributed by atoms with van der Waals surface area (Å²) in [7, 11) is 0. The number of phenols is 1. The van der Waals surface area contributed by atoms with Gasteiger partial charge in [0, 0.05) is 73.0 Å². The fraction of sp³-hybridized carbons (Fsp3) is 0.550. The third-order valence-electron chi connectivity index (χ3n) is 12.2. The van der Waals surface area contributed by atoms with Gasteiger partial charge < -0.3 is 29.7 Å². The van der Waals surface area contributed by atoms with Crippen molar-refractivity contribution < 1.29 is 23.4 Å². The number of aromatic hydroxyl groups is 1. The molecule has 9 rings (SSSR count). The number of nitrogens with zero attached hydrogens (tertiary/aromatic N) is 4. The molecule has 5 aliphatic rings. The molecule has 4 unspecified atom stereocenters. The van der Waals surface area contributed by atoms with Crippen molar-refractivity contribution in [3.05, 3.63) is 53.1 Å². The van der Waals surface area contributed by atoms with E-state index in [1.807, 2.05) is 26.8 Å². The van der Waals surface area contributed by atoms with E-state index in [4.69, 9.17) is 19.4 Å². The van der Waals surface area contributed by atoms with E-state index >= 15 is 8.78 Å². The number of rotatable bonds is 9. The largest absolute Gasteiger partial charge is 0.508 e. The van der Waals surface area contributed by atoms with Crippen molar-refractivity contribution in [2.45, 2.75) is 70.9 Å². The summed E-state index contributed by atoms with van der Waals surface area (Å²) in [5, 5.41) is 16.5. The second-order valence-corrected chi connectivity index (χ2v) is 16.1. The zero-order chi connectivity index (χ0) is 34.3. The van der Waals surface area contributed by atoms with Crippen molar-refractivity contribution in [2.75, 3.05) is 57.4 Å². The van der Waals surface area contributed by atoms with Crippen LogP contribution in [0.25, 0.3) is 32.8 Å². The van der Waals surface area contributed by atoms with Gasteiger partial charge in [0.25, 0.3) is 0 Å². The van der Waals surface area contributed by atoms with Gasteiger partial charge in [0.2, 0.25) is 0 Å². The third kappa shape index (κ3) is 5.58. The normalized spacial score (nSPS) is 25.7. The molecule has 5 fully saturated rings. The molecule has 4 atom stereocenters. The van der Waals surface area contributed by atoms with Crippen molar-refractivity contribution in [3.63, 3.8) is 0 Å². The fourth-order valence-corrected chi connectivity index (χ4v) is 9.39. The average molecular weight is 684 g/mol. The number of anilines is 1. The molecule has 1 saturated carbocycles. The quantitative estimate of drug-likeness (QED) is 0.200. The molecule has 4 aromatic rings. The zero-order valence-corrected chi connectivity index (χ0v) is 29.3. The number of nitrogens with one attached hydrogen (secondary N) is 1. The number of benzene rings is 3. The Morgan fingerprint density at radius 1 is 1.02 bits per heavy atom. The van der Waals surface area contributed by atoms with Gasteiger partial charge in [-0.1, -0.05) is 26.8 Å². The minimum atomic E-state index is -0.497. The summed E-state index contributed by atoms with van der Waals surface area (Å²) >= 11 is 0. The van der Waals surface area contributed by atoms with Gasteiger partial charge in [-0.25, -0.2) is 8.78 Å². The Labute approximate surface area is 292 Å². The summed E-state index contributed by atoms with van der Waals surface area (Å²) in [5.41, 5.74) is 2.32. The maximum Gasteiger partial charge on any atom is 0.319 e. The fourth-order valence-electron chi connectivity index (χ4n) is 9.39. The first-order valence-electron chi connectivity index (χ1n) is 18.6. The van der Waals surface area contributed by atoms with E-state index in [-0.39, 0.29) is 34.4 Å². The second-order valence-electron chi connectivity index (χ2n) is 16.1. The van der Waals surface area contributed by atoms with E-state index in [1.165, 1.54) is 6.07 Å². The number of phenolic OH excluding ortho intramolecular Hbond substituents is 1. The molecule has 2 N–H and O–H groups in total. The topological polar surface area (TPSA) is 83.0 Å². The number of hydrogen-bond donors (Lipinski definition) is 2. The van der Waals surface area contributed by atoms with Crippen LogP contribution in [0.3, 0.4) is 0 Å². The molecule has 0 amide bonds. The molecular formula is C40H47F2N5O3. The average Bonchev–Trinajstić information content (AvgIpc) is 3.34. The predicted molar refractivity (Wildman–Crippen MR) is 191 cm³/mol. The lowest BCUT2D eigenvalue weighted by molar-refractivity contribution is 0.131. The molecule has 4 saturated heterocycles. The molecule has 264 valence electrons. The van der Waals surface area contributed by atoms with Crippen LogP contribution in [0.15, 0.2) is 30.3 Å². The number of hydrogen-bond acceptors (Lipinski definition) is 8. The highest BCUT2D eigenvalue weighted by molar-refractivity contribution is 6.04. The van der Waals surface area contributed by atoms with Crippen molar-refractivity contribution in [3.8, 4) is 22.9 Å². The highest BCUT2D eigenvalue weighted by Crippen LogP contribution is 2.48. The number of fused-ring (bicyclic) bond motifs is 5. The first-order valence-corrected chi connectivity index (χ1v) is 18.6. The van der Waals surface area contributed by atoms with Crippen LogP contribution in [-0.2, 0) is 11.2 Å². The molecule has 2 bridgehead atoms. The van der Waals surface area contributed by atoms with E-state index < -0.39 is 5.82 Å². The molecule has 5 heterocycles. The summed E-state index contributed by atoms with van der Waals surface area (Å²) in [6.07, 6.45) is 4.83. The van der Waals surface area contributed by atoms with Crippen LogP contribution < -0.4 is 15.0 Å². The van der Waals surface area contributed by atoms with Gasteiger partial charge in [-0.3, -0.25) is 0 Å². The zero-order valence-electron chi connectivity index (χ0n) is 29.3. The van der Waals surface area contributed by atoms with Crippen LogP contribution in [0.2, 0.25) is 0 Å². The second kappa shape index (κ2) is 12.3. The smallest absolute Gasteiger partial charge is 0.319 e. The van der Waals surface area contributed by atoms with Crippen LogP contribution in [0.4, 0.5) is 14.6 Å². The highest BCUT2D eigenvalue weighted by Gasteiger charge is 2.48. The van der Waals surface area contributed by atoms with Crippen molar-refractivity contribution >= 4 is 27.5 Å². The highest BCUT2D eigenvalue weighted by atomic mass is 19.1. The first kappa shape index (κ1) is 32.3. The molecule has 8 nitrogen and oxygen atoms in total. The van der Waals surface area contributed by atoms with Crippen LogP contribution in [0.5, 0.6) is 11.8 Å². The first-order chi connectivity index (χ1) is 24.2. The number of likely N-dealkylation sites (tertiary alicyclic amines) is 1. The lowest BCUT2D eigenvalue weighted by atomic mass is 9.86. The summed E-state index contributed by atoms with van der Waals surface area (Å²) in [6.45, 7) is 12.9. The molecule has 50 heavy (non-hydrogen) atoms. The Kier molecular flexibility index (Phi) is 7.93. The Morgan fingerprint density at radius 3 is 2.44 bits per heavy atom. The number of piperazine rings is 1.